The molecule has 162 valence electrons. The Morgan fingerprint density at radius 2 is 1.69 bits per heavy atom. The zero-order valence-corrected chi connectivity index (χ0v) is 18.2. The smallest absolute Gasteiger partial charge is 0.408 e. The highest BCUT2D eigenvalue weighted by molar-refractivity contribution is 5.87. The van der Waals surface area contributed by atoms with Crippen LogP contribution in [0.1, 0.15) is 53.5 Å². The molecule has 0 saturated carbocycles. The summed E-state index contributed by atoms with van der Waals surface area (Å²) >= 11 is 0. The Balaban J connectivity index is 2.27. The van der Waals surface area contributed by atoms with Crippen LogP contribution in [0, 0.1) is 0 Å². The van der Waals surface area contributed by atoms with Gasteiger partial charge in [0.25, 0.3) is 0 Å². The van der Waals surface area contributed by atoms with Crippen LogP contribution in [0.5, 0.6) is 0 Å². The number of alkyl carbamates (subject to hydrolysis) is 1. The number of carbonyl (C=O) groups excluding carboxylic acids is 2. The second-order valence-corrected chi connectivity index (χ2v) is 9.21. The monoisotopic (exact) mass is 407 g/mol. The second-order valence-electron chi connectivity index (χ2n) is 9.21. The number of amides is 1. The third-order valence-corrected chi connectivity index (χ3v) is 4.24. The maximum atomic E-state index is 13.2. The number of carbonyl (C=O) groups is 2. The van der Waals surface area contributed by atoms with Gasteiger partial charge in [-0.05, 0) is 47.1 Å². The molecule has 0 bridgehead atoms. The van der Waals surface area contributed by atoms with Gasteiger partial charge in [0.15, 0.2) is 5.54 Å². The third kappa shape index (κ3) is 7.01. The number of rotatable bonds is 5. The molecule has 7 nitrogen and oxygen atoms in total. The fourth-order valence-electron chi connectivity index (χ4n) is 2.97. The Morgan fingerprint density at radius 3 is 2.28 bits per heavy atom. The predicted octanol–water partition coefficient (Wildman–Crippen LogP) is 3.60. The predicted molar refractivity (Wildman–Crippen MR) is 108 cm³/mol. The fraction of sp³-hybridized carbons (Fsp3) is 0.636. The van der Waals surface area contributed by atoms with Crippen LogP contribution in [0.3, 0.4) is 0 Å². The van der Waals surface area contributed by atoms with E-state index in [1.54, 1.807) is 41.5 Å². The van der Waals surface area contributed by atoms with E-state index in [1.165, 1.54) is 0 Å². The zero-order chi connectivity index (χ0) is 21.7. The highest BCUT2D eigenvalue weighted by Gasteiger charge is 2.53. The van der Waals surface area contributed by atoms with Gasteiger partial charge in [-0.1, -0.05) is 30.3 Å². The molecule has 1 aliphatic heterocycles. The first-order valence-electron chi connectivity index (χ1n) is 9.89. The lowest BCUT2D eigenvalue weighted by atomic mass is 9.86. The summed E-state index contributed by atoms with van der Waals surface area (Å²) in [4.78, 5) is 25.8. The van der Waals surface area contributed by atoms with Gasteiger partial charge in [-0.25, -0.2) is 9.59 Å². The van der Waals surface area contributed by atoms with E-state index in [2.05, 4.69) is 5.32 Å². The van der Waals surface area contributed by atoms with Crippen molar-refractivity contribution in [1.29, 1.82) is 0 Å². The molecule has 1 aromatic rings. The first-order chi connectivity index (χ1) is 13.4. The molecule has 2 rings (SSSR count). The summed E-state index contributed by atoms with van der Waals surface area (Å²) in [6.45, 7) is 11.4. The fourth-order valence-corrected chi connectivity index (χ4v) is 2.97. The molecule has 1 fully saturated rings. The number of esters is 1. The molecule has 2 atom stereocenters. The first kappa shape index (κ1) is 23.2. The van der Waals surface area contributed by atoms with Crippen molar-refractivity contribution in [3.05, 3.63) is 35.9 Å². The maximum Gasteiger partial charge on any atom is 0.408 e. The summed E-state index contributed by atoms with van der Waals surface area (Å²) in [5.74, 6) is -0.558. The zero-order valence-electron chi connectivity index (χ0n) is 18.2. The van der Waals surface area contributed by atoms with Gasteiger partial charge in [0.1, 0.15) is 17.3 Å². The normalized spacial score (nSPS) is 22.6. The highest BCUT2D eigenvalue weighted by Crippen LogP contribution is 2.29. The number of nitrogens with one attached hydrogen (secondary N) is 1. The van der Waals surface area contributed by atoms with Crippen molar-refractivity contribution in [2.75, 3.05) is 13.2 Å². The van der Waals surface area contributed by atoms with E-state index in [1.807, 2.05) is 30.3 Å². The van der Waals surface area contributed by atoms with Crippen LogP contribution in [0.15, 0.2) is 30.3 Å². The second kappa shape index (κ2) is 9.13. The van der Waals surface area contributed by atoms with E-state index in [9.17, 15) is 9.59 Å². The van der Waals surface area contributed by atoms with Crippen LogP contribution in [0.4, 0.5) is 4.79 Å². The number of benzene rings is 1. The largest absolute Gasteiger partial charge is 0.458 e. The molecule has 1 N–H and O–H groups in total. The van der Waals surface area contributed by atoms with Crippen LogP contribution in [-0.2, 0) is 30.3 Å². The molecule has 0 unspecified atom stereocenters. The molecule has 1 aliphatic rings. The molecule has 1 amide bonds. The van der Waals surface area contributed by atoms with E-state index < -0.39 is 34.9 Å². The molecule has 1 aromatic carbocycles. The Morgan fingerprint density at radius 1 is 1.07 bits per heavy atom. The van der Waals surface area contributed by atoms with Crippen LogP contribution in [0.2, 0.25) is 0 Å². The van der Waals surface area contributed by atoms with Gasteiger partial charge in [0, 0.05) is 13.0 Å². The Kier molecular flexibility index (Phi) is 7.30. The number of ether oxygens (including phenoxy) is 4. The lowest BCUT2D eigenvalue weighted by Gasteiger charge is -2.43. The van der Waals surface area contributed by atoms with E-state index in [4.69, 9.17) is 18.9 Å². The van der Waals surface area contributed by atoms with Crippen molar-refractivity contribution < 1.29 is 28.5 Å². The van der Waals surface area contributed by atoms with Gasteiger partial charge in [-0.15, -0.1) is 0 Å². The van der Waals surface area contributed by atoms with Gasteiger partial charge in [-0.2, -0.15) is 0 Å². The van der Waals surface area contributed by atoms with Crippen molar-refractivity contribution in [2.24, 2.45) is 0 Å². The number of hydrogen-bond donors (Lipinski definition) is 1. The summed E-state index contributed by atoms with van der Waals surface area (Å²) in [5.41, 5.74) is -1.87. The molecule has 1 saturated heterocycles. The lowest BCUT2D eigenvalue weighted by molar-refractivity contribution is -0.183. The Labute approximate surface area is 173 Å². The van der Waals surface area contributed by atoms with Gasteiger partial charge in [0.2, 0.25) is 0 Å². The summed E-state index contributed by atoms with van der Waals surface area (Å²) in [7, 11) is 0. The van der Waals surface area contributed by atoms with Crippen LogP contribution in [-0.4, -0.2) is 48.1 Å². The van der Waals surface area contributed by atoms with E-state index in [0.29, 0.717) is 6.61 Å². The lowest BCUT2D eigenvalue weighted by Crippen LogP contribution is -2.67. The van der Waals surface area contributed by atoms with Crippen LogP contribution in [0.25, 0.3) is 0 Å². The summed E-state index contributed by atoms with van der Waals surface area (Å²) < 4.78 is 22.7. The summed E-state index contributed by atoms with van der Waals surface area (Å²) in [5, 5.41) is 2.76. The van der Waals surface area contributed by atoms with Gasteiger partial charge in [0.05, 0.1) is 13.2 Å². The molecule has 0 aliphatic carbocycles. The van der Waals surface area contributed by atoms with E-state index >= 15 is 0 Å². The first-order valence-corrected chi connectivity index (χ1v) is 9.89. The van der Waals surface area contributed by atoms with Crippen molar-refractivity contribution in [3.8, 4) is 0 Å². The Hall–Kier alpha value is -2.12. The van der Waals surface area contributed by atoms with Crippen LogP contribution < -0.4 is 5.32 Å². The minimum atomic E-state index is -1.40. The van der Waals surface area contributed by atoms with Gasteiger partial charge >= 0.3 is 12.1 Å². The standard InChI is InChI=1S/C22H33NO6/c1-20(2,3)28-18(24)22(23-19(25)29-21(4,5)6)12-13-26-15-17(22)27-14-16-10-8-7-9-11-16/h7-11,17H,12-15H2,1-6H3,(H,23,25)/t17-,22+/m0/s1. The summed E-state index contributed by atoms with van der Waals surface area (Å²) in [6.07, 6.45) is -1.20. The minimum absolute atomic E-state index is 0.155. The SMILES string of the molecule is CC(C)(C)OC(=O)N[C@]1(C(=O)OC(C)(C)C)CCOC[C@@H]1OCc1ccccc1. The topological polar surface area (TPSA) is 83.1 Å². The molecule has 7 heteroatoms. The van der Waals surface area contributed by atoms with Crippen LogP contribution >= 0.6 is 0 Å². The quantitative estimate of drug-likeness (QED) is 0.751. The maximum absolute atomic E-state index is 13.2. The van der Waals surface area contributed by atoms with E-state index in [-0.39, 0.29) is 19.6 Å². The minimum Gasteiger partial charge on any atom is -0.458 e. The van der Waals surface area contributed by atoms with E-state index in [0.717, 1.165) is 5.56 Å². The van der Waals surface area contributed by atoms with Crippen molar-refractivity contribution >= 4 is 12.1 Å². The van der Waals surface area contributed by atoms with Gasteiger partial charge in [-0.3, -0.25) is 0 Å². The average molecular weight is 408 g/mol. The summed E-state index contributed by atoms with van der Waals surface area (Å²) in [6, 6.07) is 9.61. The molecule has 29 heavy (non-hydrogen) atoms. The number of hydrogen-bond acceptors (Lipinski definition) is 6. The molecule has 1 heterocycles. The molecule has 0 radical (unpaired) electrons. The Bertz CT molecular complexity index is 691. The molecular weight excluding hydrogens is 374 g/mol. The highest BCUT2D eigenvalue weighted by atomic mass is 16.6. The van der Waals surface area contributed by atoms with Crippen molar-refractivity contribution in [2.45, 2.75) is 77.4 Å². The van der Waals surface area contributed by atoms with Crippen molar-refractivity contribution in [1.82, 2.24) is 5.32 Å². The third-order valence-electron chi connectivity index (χ3n) is 4.24. The molecule has 0 spiro atoms. The molecule has 0 aromatic heterocycles. The molecular formula is C22H33NO6. The average Bonchev–Trinajstić information content (AvgIpc) is 2.58. The van der Waals surface area contributed by atoms with Gasteiger partial charge < -0.3 is 24.3 Å². The van der Waals surface area contributed by atoms with Crippen molar-refractivity contribution in [3.63, 3.8) is 0 Å².